The summed E-state index contributed by atoms with van der Waals surface area (Å²) in [6, 6.07) is 4.31. The number of nitriles is 2. The summed E-state index contributed by atoms with van der Waals surface area (Å²) in [5.74, 6) is 0. The molecule has 0 fully saturated rings. The van der Waals surface area contributed by atoms with Crippen LogP contribution in [0.1, 0.15) is 13.8 Å². The summed E-state index contributed by atoms with van der Waals surface area (Å²) < 4.78 is 0.367. The summed E-state index contributed by atoms with van der Waals surface area (Å²) in [5, 5.41) is 16.7. The third-order valence-electron chi connectivity index (χ3n) is 0.887. The van der Waals surface area contributed by atoms with Crippen LogP contribution in [0.25, 0.3) is 0 Å². The van der Waals surface area contributed by atoms with Crippen molar-refractivity contribution in [2.75, 3.05) is 0 Å². The van der Waals surface area contributed by atoms with Gasteiger partial charge in [0.15, 0.2) is 0 Å². The summed E-state index contributed by atoms with van der Waals surface area (Å²) in [7, 11) is 0. The molecule has 0 aliphatic heterocycles. The van der Waals surface area contributed by atoms with Crippen molar-refractivity contribution in [3.63, 3.8) is 0 Å². The zero-order chi connectivity index (χ0) is 7.28. The molecule has 0 saturated heterocycles. The quantitative estimate of drug-likeness (QED) is 0.668. The van der Waals surface area contributed by atoms with Gasteiger partial charge in [-0.1, -0.05) is 0 Å². The molecule has 0 rings (SSSR count). The Labute approximate surface area is 65.7 Å². The summed E-state index contributed by atoms with van der Waals surface area (Å²) in [5.41, 5.74) is 0. The van der Waals surface area contributed by atoms with Gasteiger partial charge in [-0.25, -0.2) is 0 Å². The Morgan fingerprint density at radius 1 is 1.11 bits per heavy atom. The van der Waals surface area contributed by atoms with Crippen molar-refractivity contribution in [3.8, 4) is 12.1 Å². The molecule has 0 heterocycles. The second-order valence-electron chi connectivity index (χ2n) is 1.87. The molecule has 0 N–H and O–H groups in total. The number of hydrogen-bond donors (Lipinski definition) is 0. The molecule has 0 aromatic carbocycles. The van der Waals surface area contributed by atoms with Crippen molar-refractivity contribution in [1.29, 1.82) is 10.5 Å². The molecule has 9 heavy (non-hydrogen) atoms. The van der Waals surface area contributed by atoms with Gasteiger partial charge in [0.25, 0.3) is 0 Å². The maximum absolute atomic E-state index is 8.36. The molecule has 0 aliphatic carbocycles. The van der Waals surface area contributed by atoms with Gasteiger partial charge >= 0.3 is 65.5 Å². The number of hydrogen-bond acceptors (Lipinski definition) is 2. The van der Waals surface area contributed by atoms with Crippen LogP contribution in [-0.4, -0.2) is 21.1 Å². The Morgan fingerprint density at radius 3 is 1.67 bits per heavy atom. The molecule has 0 bridgehead atoms. The van der Waals surface area contributed by atoms with E-state index in [-0.39, 0.29) is 7.87 Å². The topological polar surface area (TPSA) is 47.6 Å². The summed E-state index contributed by atoms with van der Waals surface area (Å²) in [4.78, 5) is 0. The molecule has 0 saturated carbocycles. The fraction of sp³-hybridized carbons (Fsp3) is 0.667. The van der Waals surface area contributed by atoms with Gasteiger partial charge in [0, 0.05) is 0 Å². The predicted octanol–water partition coefficient (Wildman–Crippen LogP) is 1.35. The van der Waals surface area contributed by atoms with Gasteiger partial charge in [0.1, 0.15) is 0 Å². The molecule has 3 heteroatoms. The van der Waals surface area contributed by atoms with Gasteiger partial charge in [0.05, 0.1) is 0 Å². The van der Waals surface area contributed by atoms with E-state index in [1.54, 1.807) is 0 Å². The SMILES string of the molecule is C[CH](C#N)[Sn][CH](C)C#N. The Bertz CT molecular complexity index is 135. The summed E-state index contributed by atoms with van der Waals surface area (Å²) in [6.45, 7) is 3.81. The normalized spacial score (nSPS) is 15.1. The fourth-order valence-electron chi connectivity index (χ4n) is 0.450. The number of rotatable bonds is 2. The van der Waals surface area contributed by atoms with E-state index >= 15 is 0 Å². The Balaban J connectivity index is 3.53. The molecule has 2 atom stereocenters. The van der Waals surface area contributed by atoms with E-state index in [0.29, 0.717) is 0 Å². The van der Waals surface area contributed by atoms with E-state index in [0.717, 1.165) is 0 Å². The third kappa shape index (κ3) is 4.29. The molecule has 2 radical (unpaired) electrons. The van der Waals surface area contributed by atoms with Crippen LogP contribution >= 0.6 is 0 Å². The van der Waals surface area contributed by atoms with Crippen molar-refractivity contribution < 1.29 is 0 Å². The zero-order valence-corrected chi connectivity index (χ0v) is 8.40. The van der Waals surface area contributed by atoms with E-state index < -0.39 is 21.1 Å². The van der Waals surface area contributed by atoms with Crippen molar-refractivity contribution in [3.05, 3.63) is 0 Å². The number of nitrogens with zero attached hydrogens (tertiary/aromatic N) is 2. The minimum absolute atomic E-state index is 0.184. The van der Waals surface area contributed by atoms with Crippen LogP contribution in [0.5, 0.6) is 0 Å². The monoisotopic (exact) mass is 228 g/mol. The third-order valence-corrected chi connectivity index (χ3v) is 4.48. The average Bonchev–Trinajstić information content (AvgIpc) is 1.87. The fourth-order valence-corrected chi connectivity index (χ4v) is 3.02. The van der Waals surface area contributed by atoms with Crippen LogP contribution < -0.4 is 0 Å². The Morgan fingerprint density at radius 2 is 1.44 bits per heavy atom. The molecule has 0 aromatic heterocycles. The first-order chi connectivity index (χ1) is 4.20. The summed E-state index contributed by atoms with van der Waals surface area (Å²) >= 11 is -0.720. The first-order valence-corrected chi connectivity index (χ1v) is 6.05. The zero-order valence-electron chi connectivity index (χ0n) is 5.55. The molecule has 0 spiro atoms. The van der Waals surface area contributed by atoms with E-state index in [1.165, 1.54) is 0 Å². The Kier molecular flexibility index (Phi) is 4.52. The van der Waals surface area contributed by atoms with Gasteiger partial charge in [0.2, 0.25) is 0 Å². The molecular formula is C6H8N2Sn. The molecule has 0 amide bonds. The first-order valence-electron chi connectivity index (χ1n) is 2.76. The maximum atomic E-state index is 8.36. The van der Waals surface area contributed by atoms with Crippen LogP contribution in [0.4, 0.5) is 0 Å². The van der Waals surface area contributed by atoms with E-state index in [9.17, 15) is 0 Å². The first kappa shape index (κ1) is 8.78. The van der Waals surface area contributed by atoms with Crippen molar-refractivity contribution in [1.82, 2.24) is 0 Å². The Hall–Kier alpha value is -0.221. The van der Waals surface area contributed by atoms with Crippen molar-refractivity contribution in [2.24, 2.45) is 0 Å². The van der Waals surface area contributed by atoms with Gasteiger partial charge in [-0.05, 0) is 0 Å². The van der Waals surface area contributed by atoms with Gasteiger partial charge in [-0.2, -0.15) is 0 Å². The second-order valence-corrected chi connectivity index (χ2v) is 7.76. The van der Waals surface area contributed by atoms with Gasteiger partial charge < -0.3 is 0 Å². The van der Waals surface area contributed by atoms with Crippen LogP contribution in [0.3, 0.4) is 0 Å². The van der Waals surface area contributed by atoms with Crippen LogP contribution in [0.2, 0.25) is 7.87 Å². The standard InChI is InChI=1S/2C3H4N.Sn/c2*1-2-3-4;/h2*2H,1H3;. The van der Waals surface area contributed by atoms with Gasteiger partial charge in [-0.15, -0.1) is 0 Å². The minimum atomic E-state index is -0.720. The van der Waals surface area contributed by atoms with E-state index in [4.69, 9.17) is 10.5 Å². The molecule has 0 aromatic rings. The molecule has 46 valence electrons. The van der Waals surface area contributed by atoms with Crippen molar-refractivity contribution in [2.45, 2.75) is 21.7 Å². The van der Waals surface area contributed by atoms with Crippen LogP contribution in [0.15, 0.2) is 0 Å². The molecule has 2 nitrogen and oxygen atoms in total. The molecule has 2 unspecified atom stereocenters. The molecular weight excluding hydrogens is 219 g/mol. The van der Waals surface area contributed by atoms with Crippen molar-refractivity contribution >= 4 is 21.1 Å². The van der Waals surface area contributed by atoms with Gasteiger partial charge in [-0.3, -0.25) is 0 Å². The van der Waals surface area contributed by atoms with E-state index in [1.807, 2.05) is 13.8 Å². The summed E-state index contributed by atoms with van der Waals surface area (Å²) in [6.07, 6.45) is 0. The molecule has 0 aliphatic rings. The average molecular weight is 227 g/mol. The second kappa shape index (κ2) is 4.64. The van der Waals surface area contributed by atoms with Crippen LogP contribution in [-0.2, 0) is 0 Å². The predicted molar refractivity (Wildman–Crippen MR) is 35.8 cm³/mol. The van der Waals surface area contributed by atoms with Crippen LogP contribution in [0, 0.1) is 22.7 Å². The van der Waals surface area contributed by atoms with E-state index in [2.05, 4.69) is 12.1 Å².